The van der Waals surface area contributed by atoms with Crippen LogP contribution in [0.25, 0.3) is 0 Å². The summed E-state index contributed by atoms with van der Waals surface area (Å²) in [6.45, 7) is 4.08. The fourth-order valence-corrected chi connectivity index (χ4v) is 2.72. The van der Waals surface area contributed by atoms with Crippen LogP contribution in [0.5, 0.6) is 0 Å². The molecule has 0 heterocycles. The number of hydrogen-bond acceptors (Lipinski definition) is 3. The Morgan fingerprint density at radius 2 is 2.11 bits per heavy atom. The second-order valence-electron chi connectivity index (χ2n) is 4.52. The third kappa shape index (κ3) is 4.01. The fraction of sp³-hybridized carbons (Fsp3) is 0.500. The van der Waals surface area contributed by atoms with Gasteiger partial charge in [-0.2, -0.15) is 11.8 Å². The van der Waals surface area contributed by atoms with Gasteiger partial charge in [0.15, 0.2) is 5.78 Å². The van der Waals surface area contributed by atoms with Crippen LogP contribution in [0, 0.1) is 0 Å². The van der Waals surface area contributed by atoms with Gasteiger partial charge >= 0.3 is 0 Å². The first-order valence-electron chi connectivity index (χ1n) is 5.98. The first-order chi connectivity index (χ1) is 8.47. The third-order valence-corrected chi connectivity index (χ3v) is 4.25. The zero-order valence-electron chi connectivity index (χ0n) is 11.3. The minimum Gasteiger partial charge on any atom is -0.293 e. The van der Waals surface area contributed by atoms with E-state index in [-0.39, 0.29) is 11.8 Å². The van der Waals surface area contributed by atoms with Crippen molar-refractivity contribution in [2.45, 2.75) is 25.9 Å². The van der Waals surface area contributed by atoms with Crippen LogP contribution in [-0.4, -0.2) is 41.8 Å². The van der Waals surface area contributed by atoms with E-state index in [9.17, 15) is 4.79 Å². The standard InChI is InChI=1S/C14H20ClNOS/c1-10(9-18-4)16(3)11(2)14(17)12-6-5-7-13(15)8-12/h5-8,10-11H,9H2,1-4H3. The molecule has 4 heteroatoms. The average Bonchev–Trinajstić information content (AvgIpc) is 2.36. The molecule has 2 unspecified atom stereocenters. The summed E-state index contributed by atoms with van der Waals surface area (Å²) in [5.74, 6) is 1.14. The van der Waals surface area contributed by atoms with Crippen molar-refractivity contribution in [1.29, 1.82) is 0 Å². The van der Waals surface area contributed by atoms with E-state index >= 15 is 0 Å². The van der Waals surface area contributed by atoms with Crippen molar-refractivity contribution in [1.82, 2.24) is 4.90 Å². The smallest absolute Gasteiger partial charge is 0.179 e. The predicted molar refractivity (Wildman–Crippen MR) is 80.9 cm³/mol. The molecule has 0 N–H and O–H groups in total. The highest BCUT2D eigenvalue weighted by Gasteiger charge is 2.23. The molecule has 1 aromatic carbocycles. The summed E-state index contributed by atoms with van der Waals surface area (Å²) in [6.07, 6.45) is 2.08. The molecule has 0 spiro atoms. The van der Waals surface area contributed by atoms with Crippen LogP contribution in [0.4, 0.5) is 0 Å². The first-order valence-corrected chi connectivity index (χ1v) is 7.75. The molecule has 18 heavy (non-hydrogen) atoms. The molecule has 0 aliphatic carbocycles. The number of halogens is 1. The van der Waals surface area contributed by atoms with Gasteiger partial charge in [0, 0.05) is 22.4 Å². The number of thioether (sulfide) groups is 1. The highest BCUT2D eigenvalue weighted by molar-refractivity contribution is 7.98. The molecule has 0 aliphatic rings. The summed E-state index contributed by atoms with van der Waals surface area (Å²) in [7, 11) is 1.99. The van der Waals surface area contributed by atoms with E-state index in [4.69, 9.17) is 11.6 Å². The van der Waals surface area contributed by atoms with E-state index in [2.05, 4.69) is 18.1 Å². The Balaban J connectivity index is 2.77. The van der Waals surface area contributed by atoms with Crippen molar-refractivity contribution < 1.29 is 4.79 Å². The largest absolute Gasteiger partial charge is 0.293 e. The van der Waals surface area contributed by atoms with Gasteiger partial charge in [-0.3, -0.25) is 9.69 Å². The number of carbonyl (C=O) groups excluding carboxylic acids is 1. The number of likely N-dealkylation sites (N-methyl/N-ethyl adjacent to an activating group) is 1. The van der Waals surface area contributed by atoms with Gasteiger partial charge in [-0.1, -0.05) is 23.7 Å². The van der Waals surface area contributed by atoms with Gasteiger partial charge in [-0.25, -0.2) is 0 Å². The van der Waals surface area contributed by atoms with Gasteiger partial charge < -0.3 is 0 Å². The number of benzene rings is 1. The quantitative estimate of drug-likeness (QED) is 0.745. The molecule has 0 bridgehead atoms. The van der Waals surface area contributed by atoms with Crippen LogP contribution in [-0.2, 0) is 0 Å². The summed E-state index contributed by atoms with van der Waals surface area (Å²) in [4.78, 5) is 14.5. The Labute approximate surface area is 119 Å². The van der Waals surface area contributed by atoms with Crippen molar-refractivity contribution in [2.75, 3.05) is 19.1 Å². The summed E-state index contributed by atoms with van der Waals surface area (Å²) in [5, 5.41) is 0.605. The number of rotatable bonds is 6. The molecule has 2 nitrogen and oxygen atoms in total. The molecule has 0 aromatic heterocycles. The van der Waals surface area contributed by atoms with E-state index in [0.717, 1.165) is 5.75 Å². The molecule has 0 aliphatic heterocycles. The number of carbonyl (C=O) groups is 1. The van der Waals surface area contributed by atoms with Crippen LogP contribution < -0.4 is 0 Å². The van der Waals surface area contributed by atoms with Crippen molar-refractivity contribution >= 4 is 29.1 Å². The van der Waals surface area contributed by atoms with Crippen LogP contribution in [0.2, 0.25) is 5.02 Å². The van der Waals surface area contributed by atoms with E-state index in [0.29, 0.717) is 16.6 Å². The van der Waals surface area contributed by atoms with Gasteiger partial charge in [0.2, 0.25) is 0 Å². The van der Waals surface area contributed by atoms with Crippen molar-refractivity contribution in [3.05, 3.63) is 34.9 Å². The van der Waals surface area contributed by atoms with E-state index < -0.39 is 0 Å². The molecular weight excluding hydrogens is 266 g/mol. The topological polar surface area (TPSA) is 20.3 Å². The molecule has 1 rings (SSSR count). The van der Waals surface area contributed by atoms with Crippen LogP contribution in [0.1, 0.15) is 24.2 Å². The van der Waals surface area contributed by atoms with E-state index in [1.807, 2.05) is 26.1 Å². The molecule has 1 aromatic rings. The lowest BCUT2D eigenvalue weighted by Gasteiger charge is -2.29. The lowest BCUT2D eigenvalue weighted by atomic mass is 10.0. The van der Waals surface area contributed by atoms with Gasteiger partial charge in [-0.05, 0) is 39.3 Å². The van der Waals surface area contributed by atoms with Gasteiger partial charge in [0.25, 0.3) is 0 Å². The Morgan fingerprint density at radius 1 is 1.44 bits per heavy atom. The van der Waals surface area contributed by atoms with E-state index in [1.165, 1.54) is 0 Å². The van der Waals surface area contributed by atoms with Crippen LogP contribution in [0.3, 0.4) is 0 Å². The molecule has 0 fully saturated rings. The molecule has 0 saturated carbocycles. The Hall–Kier alpha value is -0.510. The third-order valence-electron chi connectivity index (χ3n) is 3.20. The van der Waals surface area contributed by atoms with Gasteiger partial charge in [0.1, 0.15) is 0 Å². The Bertz CT molecular complexity index is 411. The lowest BCUT2D eigenvalue weighted by Crippen LogP contribution is -2.42. The maximum atomic E-state index is 12.3. The van der Waals surface area contributed by atoms with Crippen molar-refractivity contribution in [2.24, 2.45) is 0 Å². The molecule has 100 valence electrons. The number of nitrogens with zero attached hydrogens (tertiary/aromatic N) is 1. The summed E-state index contributed by atoms with van der Waals surface area (Å²) < 4.78 is 0. The fourth-order valence-electron chi connectivity index (χ4n) is 1.81. The zero-order valence-corrected chi connectivity index (χ0v) is 12.9. The minimum atomic E-state index is -0.134. The number of hydrogen-bond donors (Lipinski definition) is 0. The predicted octanol–water partition coefficient (Wildman–Crippen LogP) is 3.59. The Morgan fingerprint density at radius 3 is 2.67 bits per heavy atom. The zero-order chi connectivity index (χ0) is 13.7. The van der Waals surface area contributed by atoms with Gasteiger partial charge in [-0.15, -0.1) is 0 Å². The lowest BCUT2D eigenvalue weighted by molar-refractivity contribution is 0.0838. The normalized spacial score (nSPS) is 14.6. The molecule has 0 radical (unpaired) electrons. The van der Waals surface area contributed by atoms with E-state index in [1.54, 1.807) is 23.9 Å². The summed E-state index contributed by atoms with van der Waals surface area (Å²) in [6, 6.07) is 7.38. The molecule has 0 saturated heterocycles. The average molecular weight is 286 g/mol. The monoisotopic (exact) mass is 285 g/mol. The highest BCUT2D eigenvalue weighted by atomic mass is 35.5. The second-order valence-corrected chi connectivity index (χ2v) is 5.87. The summed E-state index contributed by atoms with van der Waals surface area (Å²) >= 11 is 7.71. The maximum Gasteiger partial charge on any atom is 0.179 e. The molecule has 2 atom stereocenters. The van der Waals surface area contributed by atoms with Crippen molar-refractivity contribution in [3.8, 4) is 0 Å². The first kappa shape index (κ1) is 15.5. The number of ketones is 1. The van der Waals surface area contributed by atoms with Crippen LogP contribution >= 0.6 is 23.4 Å². The highest BCUT2D eigenvalue weighted by Crippen LogP contribution is 2.16. The SMILES string of the molecule is CSCC(C)N(C)C(C)C(=O)c1cccc(Cl)c1. The van der Waals surface area contributed by atoms with Gasteiger partial charge in [0.05, 0.1) is 6.04 Å². The summed E-state index contributed by atoms with van der Waals surface area (Å²) in [5.41, 5.74) is 0.679. The minimum absolute atomic E-state index is 0.118. The molecule has 0 amide bonds. The second kappa shape index (κ2) is 7.17. The van der Waals surface area contributed by atoms with Crippen LogP contribution in [0.15, 0.2) is 24.3 Å². The molecular formula is C14H20ClNOS. The maximum absolute atomic E-state index is 12.3. The van der Waals surface area contributed by atoms with Crippen molar-refractivity contribution in [3.63, 3.8) is 0 Å². The number of Topliss-reactive ketones (excluding diaryl/α,β-unsaturated/α-hetero) is 1. The Kier molecular flexibility index (Phi) is 6.19.